The van der Waals surface area contributed by atoms with Gasteiger partial charge in [0.1, 0.15) is 23.0 Å². The lowest BCUT2D eigenvalue weighted by molar-refractivity contribution is -0.137. The molecule has 3 N–H and O–H groups in total. The van der Waals surface area contributed by atoms with Crippen LogP contribution in [0.5, 0.6) is 23.0 Å². The minimum atomic E-state index is -0.799. The number of hydrogen-bond acceptors (Lipinski definition) is 8. The Morgan fingerprint density at radius 1 is 0.930 bits per heavy atom. The lowest BCUT2D eigenvalue weighted by Crippen LogP contribution is -2.26. The summed E-state index contributed by atoms with van der Waals surface area (Å²) in [4.78, 5) is 43.5. The fourth-order valence-electron chi connectivity index (χ4n) is 3.87. The predicted molar refractivity (Wildman–Crippen MR) is 165 cm³/mol. The molecule has 0 amide bonds. The Balaban J connectivity index is 0.000000201. The molecular weight excluding hydrogens is 688 g/mol. The summed E-state index contributed by atoms with van der Waals surface area (Å²) in [6.07, 6.45) is 1.18. The summed E-state index contributed by atoms with van der Waals surface area (Å²) in [5.74, 6) is -1.24. The van der Waals surface area contributed by atoms with Crippen molar-refractivity contribution in [2.75, 3.05) is 0 Å². The molecule has 4 aromatic carbocycles. The van der Waals surface area contributed by atoms with Gasteiger partial charge >= 0.3 is 17.9 Å². The van der Waals surface area contributed by atoms with Crippen molar-refractivity contribution in [2.45, 2.75) is 25.7 Å². The van der Waals surface area contributed by atoms with E-state index >= 15 is 0 Å². The number of fused-ring (bicyclic) bond motifs is 1. The van der Waals surface area contributed by atoms with Crippen LogP contribution >= 0.6 is 31.9 Å². The van der Waals surface area contributed by atoms with Crippen molar-refractivity contribution in [2.24, 2.45) is 0 Å². The second-order valence-electron chi connectivity index (χ2n) is 9.15. The highest BCUT2D eigenvalue weighted by Crippen LogP contribution is 2.36. The highest BCUT2D eigenvalue weighted by Gasteiger charge is 2.30. The number of esters is 2. The number of halogens is 2. The number of carboxylic acids is 1. The van der Waals surface area contributed by atoms with Crippen LogP contribution in [0.3, 0.4) is 0 Å². The van der Waals surface area contributed by atoms with Gasteiger partial charge in [-0.15, -0.1) is 0 Å². The molecule has 0 fully saturated rings. The van der Waals surface area contributed by atoms with Gasteiger partial charge in [0.15, 0.2) is 6.29 Å². The molecule has 0 aliphatic carbocycles. The largest absolute Gasteiger partial charge is 0.508 e. The predicted octanol–water partition coefficient (Wildman–Crippen LogP) is 6.61. The number of rotatable bonds is 5. The van der Waals surface area contributed by atoms with E-state index in [-0.39, 0.29) is 35.4 Å². The minimum Gasteiger partial charge on any atom is -0.508 e. The number of phenols is 2. The summed E-state index contributed by atoms with van der Waals surface area (Å²) in [5.41, 5.74) is 2.84. The first-order chi connectivity index (χ1) is 20.4. The third kappa shape index (κ3) is 10.4. The van der Waals surface area contributed by atoms with Crippen molar-refractivity contribution in [1.29, 1.82) is 0 Å². The first-order valence-electron chi connectivity index (χ1n) is 12.7. The lowest BCUT2D eigenvalue weighted by atomic mass is 9.90. The molecule has 0 radical (unpaired) electrons. The minimum absolute atomic E-state index is 0.0527. The van der Waals surface area contributed by atoms with E-state index in [0.29, 0.717) is 24.2 Å². The second kappa shape index (κ2) is 15.7. The van der Waals surface area contributed by atoms with Crippen molar-refractivity contribution in [1.82, 2.24) is 0 Å². The molecule has 1 atom stereocenters. The van der Waals surface area contributed by atoms with Crippen molar-refractivity contribution in [3.8, 4) is 23.0 Å². The number of aldehydes is 1. The lowest BCUT2D eigenvalue weighted by Gasteiger charge is -2.24. The average Bonchev–Trinajstić information content (AvgIpc) is 2.95. The third-order valence-corrected chi connectivity index (χ3v) is 6.96. The van der Waals surface area contributed by atoms with E-state index in [1.54, 1.807) is 24.3 Å². The number of benzene rings is 4. The molecule has 1 aliphatic heterocycles. The second-order valence-corrected chi connectivity index (χ2v) is 11.0. The van der Waals surface area contributed by atoms with Gasteiger partial charge in [0, 0.05) is 28.0 Å². The monoisotopic (exact) mass is 712 g/mol. The average molecular weight is 714 g/mol. The summed E-state index contributed by atoms with van der Waals surface area (Å²) >= 11 is 6.64. The molecule has 43 heavy (non-hydrogen) atoms. The molecule has 1 unspecified atom stereocenters. The topological polar surface area (TPSA) is 147 Å². The molecule has 1 aliphatic rings. The summed E-state index contributed by atoms with van der Waals surface area (Å²) in [6.45, 7) is 1.33. The summed E-state index contributed by atoms with van der Waals surface area (Å²) in [6, 6.07) is 23.8. The van der Waals surface area contributed by atoms with Crippen LogP contribution < -0.4 is 9.47 Å². The van der Waals surface area contributed by atoms with E-state index in [9.17, 15) is 19.2 Å². The zero-order valence-corrected chi connectivity index (χ0v) is 25.9. The number of ether oxygens (including phenoxy) is 2. The maximum Gasteiger partial charge on any atom is 0.319 e. The quantitative estimate of drug-likeness (QED) is 0.118. The Bertz CT molecular complexity index is 1600. The summed E-state index contributed by atoms with van der Waals surface area (Å²) < 4.78 is 12.3. The zero-order chi connectivity index (χ0) is 31.5. The van der Waals surface area contributed by atoms with E-state index in [4.69, 9.17) is 24.8 Å². The van der Waals surface area contributed by atoms with Gasteiger partial charge < -0.3 is 24.8 Å². The van der Waals surface area contributed by atoms with E-state index in [0.717, 1.165) is 31.7 Å². The standard InChI is InChI=1S/C17H13BrO4.C8H7BrO2.C7H6O3/c1-10(19)21-14-7-4-12-8-15(17(20)22-16(12)9-14)11-2-5-13(18)6-3-11;9-7-3-1-6(2-4-7)5-8(10)11;8-4-5-1-2-6(9)3-7(5)10/h2-7,9,15H,8H2,1H3;1-4H,5H2,(H,10,11);1-4,9-10H. The Hall–Kier alpha value is -4.48. The first-order valence-corrected chi connectivity index (χ1v) is 14.3. The maximum atomic E-state index is 12.2. The highest BCUT2D eigenvalue weighted by molar-refractivity contribution is 9.10. The zero-order valence-electron chi connectivity index (χ0n) is 22.7. The molecule has 5 rings (SSSR count). The number of carbonyl (C=O) groups is 4. The van der Waals surface area contributed by atoms with Gasteiger partial charge in [0.25, 0.3) is 0 Å². The number of aliphatic carboxylic acids is 1. The van der Waals surface area contributed by atoms with Gasteiger partial charge in [-0.3, -0.25) is 19.2 Å². The Kier molecular flexibility index (Phi) is 12.0. The highest BCUT2D eigenvalue weighted by atomic mass is 79.9. The number of carbonyl (C=O) groups excluding carboxylic acids is 3. The maximum absolute atomic E-state index is 12.2. The van der Waals surface area contributed by atoms with Crippen LogP contribution in [0.4, 0.5) is 0 Å². The van der Waals surface area contributed by atoms with Gasteiger partial charge in [-0.2, -0.15) is 0 Å². The summed E-state index contributed by atoms with van der Waals surface area (Å²) in [5, 5.41) is 26.1. The molecule has 11 heteroatoms. The molecule has 0 aromatic heterocycles. The normalized spacial score (nSPS) is 13.1. The van der Waals surface area contributed by atoms with Crippen LogP contribution in [-0.2, 0) is 27.2 Å². The third-order valence-electron chi connectivity index (χ3n) is 5.90. The van der Waals surface area contributed by atoms with Gasteiger partial charge in [-0.05, 0) is 65.6 Å². The van der Waals surface area contributed by atoms with Crippen molar-refractivity contribution in [3.63, 3.8) is 0 Å². The molecule has 0 spiro atoms. The molecular formula is C32H26Br2O9. The van der Waals surface area contributed by atoms with Gasteiger partial charge in [0.05, 0.1) is 17.9 Å². The summed E-state index contributed by atoms with van der Waals surface area (Å²) in [7, 11) is 0. The molecule has 9 nitrogen and oxygen atoms in total. The van der Waals surface area contributed by atoms with Gasteiger partial charge in [-0.25, -0.2) is 0 Å². The van der Waals surface area contributed by atoms with E-state index in [1.807, 2.05) is 42.5 Å². The number of hydrogen-bond donors (Lipinski definition) is 3. The Morgan fingerprint density at radius 3 is 2.12 bits per heavy atom. The Morgan fingerprint density at radius 2 is 1.56 bits per heavy atom. The molecule has 0 bridgehead atoms. The molecule has 4 aromatic rings. The van der Waals surface area contributed by atoms with E-state index in [2.05, 4.69) is 31.9 Å². The number of carboxylic acid groups (broad SMARTS) is 1. The van der Waals surface area contributed by atoms with Crippen LogP contribution in [0.25, 0.3) is 0 Å². The number of aromatic hydroxyl groups is 2. The van der Waals surface area contributed by atoms with Crippen LogP contribution in [0.1, 0.15) is 39.9 Å². The van der Waals surface area contributed by atoms with E-state index < -0.39 is 11.9 Å². The SMILES string of the molecule is CC(=O)Oc1ccc2c(c1)OC(=O)C(c1ccc(Br)cc1)C2.O=C(O)Cc1ccc(Br)cc1.O=Cc1ccc(O)cc1O. The molecule has 1 heterocycles. The van der Waals surface area contributed by atoms with Crippen molar-refractivity contribution in [3.05, 3.63) is 116 Å². The molecule has 0 saturated carbocycles. The molecule has 0 saturated heterocycles. The smallest absolute Gasteiger partial charge is 0.319 e. The first kappa shape index (κ1) is 33.0. The van der Waals surface area contributed by atoms with Crippen LogP contribution in [0.15, 0.2) is 93.9 Å². The van der Waals surface area contributed by atoms with Crippen LogP contribution in [0.2, 0.25) is 0 Å². The van der Waals surface area contributed by atoms with Crippen LogP contribution in [0, 0.1) is 0 Å². The van der Waals surface area contributed by atoms with Crippen molar-refractivity contribution < 1.29 is 44.0 Å². The van der Waals surface area contributed by atoms with Crippen molar-refractivity contribution >= 4 is 56.1 Å². The fourth-order valence-corrected chi connectivity index (χ4v) is 4.40. The van der Waals surface area contributed by atoms with Crippen LogP contribution in [-0.4, -0.2) is 39.5 Å². The molecule has 222 valence electrons. The van der Waals surface area contributed by atoms with Gasteiger partial charge in [0.2, 0.25) is 0 Å². The van der Waals surface area contributed by atoms with Gasteiger partial charge in [-0.1, -0.05) is 62.2 Å². The van der Waals surface area contributed by atoms with E-state index in [1.165, 1.54) is 19.1 Å². The fraction of sp³-hybridized carbons (Fsp3) is 0.125. The Labute approximate surface area is 264 Å². The number of phenolic OH excluding ortho intramolecular Hbond substituents is 2.